The van der Waals surface area contributed by atoms with Crippen molar-refractivity contribution in [2.45, 2.75) is 4.90 Å². The van der Waals surface area contributed by atoms with Crippen LogP contribution in [0.2, 0.25) is 5.02 Å². The van der Waals surface area contributed by atoms with E-state index in [-0.39, 0.29) is 38.3 Å². The Labute approximate surface area is 191 Å². The third kappa shape index (κ3) is 4.30. The van der Waals surface area contributed by atoms with Crippen LogP contribution in [-0.4, -0.2) is 42.5 Å². The van der Waals surface area contributed by atoms with Crippen molar-refractivity contribution < 1.29 is 17.5 Å². The molecule has 13 heteroatoms. The zero-order valence-corrected chi connectivity index (χ0v) is 18.8. The van der Waals surface area contributed by atoms with Crippen LogP contribution in [0.1, 0.15) is 0 Å². The summed E-state index contributed by atoms with van der Waals surface area (Å²) < 4.78 is 48.3. The zero-order valence-electron chi connectivity index (χ0n) is 17.2. The van der Waals surface area contributed by atoms with Crippen molar-refractivity contribution >= 4 is 44.3 Å². The van der Waals surface area contributed by atoms with Crippen LogP contribution in [0.15, 0.2) is 52.4 Å². The van der Waals surface area contributed by atoms with Gasteiger partial charge in [0.15, 0.2) is 10.7 Å². The molecule has 33 heavy (non-hydrogen) atoms. The maximum Gasteiger partial charge on any atom is 0.267 e. The molecule has 4 rings (SSSR count). The number of fused-ring (bicyclic) bond motifs is 1. The van der Waals surface area contributed by atoms with E-state index < -0.39 is 21.4 Å². The summed E-state index contributed by atoms with van der Waals surface area (Å²) >= 11 is 5.87. The number of hydrogen-bond donors (Lipinski definition) is 3. The third-order valence-electron chi connectivity index (χ3n) is 4.62. The first kappa shape index (κ1) is 22.4. The summed E-state index contributed by atoms with van der Waals surface area (Å²) in [7, 11) is -1.46. The fraction of sp³-hybridized carbons (Fsp3) is 0.100. The molecule has 10 nitrogen and oxygen atoms in total. The molecule has 0 bridgehead atoms. The molecule has 4 aromatic rings. The molecule has 3 N–H and O–H groups in total. The van der Waals surface area contributed by atoms with Crippen molar-refractivity contribution in [1.29, 1.82) is 0 Å². The van der Waals surface area contributed by atoms with Crippen molar-refractivity contribution in [3.8, 4) is 17.0 Å². The van der Waals surface area contributed by atoms with Crippen LogP contribution in [0.3, 0.4) is 0 Å². The lowest BCUT2D eigenvalue weighted by Crippen LogP contribution is -2.16. The highest BCUT2D eigenvalue weighted by molar-refractivity contribution is 7.92. The molecule has 3 aromatic heterocycles. The highest BCUT2D eigenvalue weighted by Gasteiger charge is 2.24. The average molecular weight is 491 g/mol. The minimum Gasteiger partial charge on any atom is -0.480 e. The van der Waals surface area contributed by atoms with Gasteiger partial charge in [0.05, 0.1) is 23.4 Å². The number of rotatable bonds is 6. The Morgan fingerprint density at radius 3 is 2.67 bits per heavy atom. The summed E-state index contributed by atoms with van der Waals surface area (Å²) in [4.78, 5) is 26.9. The second kappa shape index (κ2) is 8.64. The molecule has 0 saturated heterocycles. The van der Waals surface area contributed by atoms with Crippen molar-refractivity contribution in [3.63, 3.8) is 0 Å². The molecular formula is C20H16ClFN6O4S. The van der Waals surface area contributed by atoms with E-state index in [4.69, 9.17) is 16.3 Å². The topological polar surface area (TPSA) is 139 Å². The number of H-pyrrole nitrogens is 1. The van der Waals surface area contributed by atoms with Crippen LogP contribution in [0.25, 0.3) is 22.2 Å². The van der Waals surface area contributed by atoms with Crippen molar-refractivity contribution in [1.82, 2.24) is 19.9 Å². The average Bonchev–Trinajstić information content (AvgIpc) is 2.79. The molecular weight excluding hydrogens is 475 g/mol. The largest absolute Gasteiger partial charge is 0.480 e. The summed E-state index contributed by atoms with van der Waals surface area (Å²) in [5.41, 5.74) is -0.865. The molecule has 0 spiro atoms. The van der Waals surface area contributed by atoms with Gasteiger partial charge in [-0.25, -0.2) is 22.8 Å². The van der Waals surface area contributed by atoms with E-state index in [9.17, 15) is 13.2 Å². The van der Waals surface area contributed by atoms with Crippen LogP contribution < -0.4 is 20.3 Å². The van der Waals surface area contributed by atoms with E-state index in [0.29, 0.717) is 11.3 Å². The highest BCUT2D eigenvalue weighted by Crippen LogP contribution is 2.31. The van der Waals surface area contributed by atoms with Gasteiger partial charge >= 0.3 is 0 Å². The summed E-state index contributed by atoms with van der Waals surface area (Å²) in [6.45, 7) is 0. The Morgan fingerprint density at radius 2 is 1.94 bits per heavy atom. The molecule has 0 aliphatic carbocycles. The van der Waals surface area contributed by atoms with E-state index in [1.807, 2.05) is 0 Å². The van der Waals surface area contributed by atoms with E-state index in [0.717, 1.165) is 6.07 Å². The number of nitrogens with one attached hydrogen (secondary N) is 3. The number of hydrogen-bond acceptors (Lipinski definition) is 8. The van der Waals surface area contributed by atoms with E-state index in [2.05, 4.69) is 30.0 Å². The van der Waals surface area contributed by atoms with E-state index >= 15 is 4.39 Å². The minimum atomic E-state index is -4.33. The molecule has 0 aliphatic heterocycles. The van der Waals surface area contributed by atoms with Gasteiger partial charge in [-0.15, -0.1) is 0 Å². The van der Waals surface area contributed by atoms with Gasteiger partial charge in [0, 0.05) is 30.4 Å². The Bertz CT molecular complexity index is 1540. The van der Waals surface area contributed by atoms with Gasteiger partial charge in [0.2, 0.25) is 11.8 Å². The van der Waals surface area contributed by atoms with E-state index in [1.54, 1.807) is 7.05 Å². The molecule has 170 valence electrons. The first-order valence-electron chi connectivity index (χ1n) is 9.32. The quantitative estimate of drug-likeness (QED) is 0.375. The van der Waals surface area contributed by atoms with Gasteiger partial charge in [-0.05, 0) is 18.2 Å². The lowest BCUT2D eigenvalue weighted by Gasteiger charge is -2.13. The lowest BCUT2D eigenvalue weighted by atomic mass is 10.0. The molecule has 0 saturated carbocycles. The molecule has 0 aliphatic rings. The first-order valence-corrected chi connectivity index (χ1v) is 11.2. The Morgan fingerprint density at radius 1 is 1.15 bits per heavy atom. The Hall–Kier alpha value is -3.77. The molecule has 0 fully saturated rings. The Kier molecular flexibility index (Phi) is 5.87. The number of aromatic amines is 1. The summed E-state index contributed by atoms with van der Waals surface area (Å²) in [5, 5.41) is 3.27. The number of sulfonamides is 1. The number of halogens is 2. The number of aromatic nitrogens is 4. The predicted molar refractivity (Wildman–Crippen MR) is 122 cm³/mol. The molecule has 1 aromatic carbocycles. The van der Waals surface area contributed by atoms with Crippen LogP contribution >= 0.6 is 11.6 Å². The van der Waals surface area contributed by atoms with Gasteiger partial charge in [0.1, 0.15) is 5.65 Å². The maximum absolute atomic E-state index is 15.4. The number of anilines is 2. The second-order valence-corrected chi connectivity index (χ2v) is 8.78. The van der Waals surface area contributed by atoms with Gasteiger partial charge in [0.25, 0.3) is 15.6 Å². The van der Waals surface area contributed by atoms with Crippen LogP contribution in [0.5, 0.6) is 5.88 Å². The normalized spacial score (nSPS) is 11.4. The molecule has 0 atom stereocenters. The monoisotopic (exact) mass is 490 g/mol. The number of methoxy groups -OCH3 is 1. The third-order valence-corrected chi connectivity index (χ3v) is 6.18. The molecule has 0 unspecified atom stereocenters. The number of nitrogens with zero attached hydrogens (tertiary/aromatic N) is 3. The molecule has 0 amide bonds. The number of benzene rings is 1. The second-order valence-electron chi connectivity index (χ2n) is 6.69. The number of ether oxygens (including phenoxy) is 1. The summed E-state index contributed by atoms with van der Waals surface area (Å²) in [5.74, 6) is -0.859. The zero-order chi connectivity index (χ0) is 23.8. The van der Waals surface area contributed by atoms with Crippen LogP contribution in [0.4, 0.5) is 16.0 Å². The van der Waals surface area contributed by atoms with Crippen molar-refractivity contribution in [2.75, 3.05) is 24.2 Å². The summed E-state index contributed by atoms with van der Waals surface area (Å²) in [6, 6.07) is 6.54. The van der Waals surface area contributed by atoms with Crippen LogP contribution in [0, 0.1) is 5.82 Å². The fourth-order valence-electron chi connectivity index (χ4n) is 3.09. The van der Waals surface area contributed by atoms with Crippen molar-refractivity contribution in [2.24, 2.45) is 0 Å². The highest BCUT2D eigenvalue weighted by atomic mass is 35.5. The van der Waals surface area contributed by atoms with Crippen LogP contribution in [-0.2, 0) is 10.0 Å². The van der Waals surface area contributed by atoms with Crippen molar-refractivity contribution in [3.05, 3.63) is 63.9 Å². The predicted octanol–water partition coefficient (Wildman–Crippen LogP) is 3.02. The standard InChI is InChI=1S/C20H16ClFN6O4S/c1-23-20-25-8-10-6-13(18(29)26-17(10)27-20)12-4-3-5-14(16(12)22)28-33(30,31)15-7-11(21)9-24-19(15)32-2/h3-9,28H,1-2H3,(H2,23,25,26,27,29). The smallest absolute Gasteiger partial charge is 0.267 e. The maximum atomic E-state index is 15.4. The summed E-state index contributed by atoms with van der Waals surface area (Å²) in [6.07, 6.45) is 2.69. The fourth-order valence-corrected chi connectivity index (χ4v) is 4.51. The van der Waals surface area contributed by atoms with Gasteiger partial charge in [-0.3, -0.25) is 9.52 Å². The van der Waals surface area contributed by atoms with Gasteiger partial charge in [-0.2, -0.15) is 4.98 Å². The number of pyridine rings is 2. The van der Waals surface area contributed by atoms with Gasteiger partial charge in [-0.1, -0.05) is 23.7 Å². The molecule has 0 radical (unpaired) electrons. The van der Waals surface area contributed by atoms with E-state index in [1.165, 1.54) is 43.8 Å². The SMILES string of the molecule is CNc1ncc2cc(-c3cccc(NS(=O)(=O)c4cc(Cl)cnc4OC)c3F)c(=O)[nH]c2n1. The molecule has 3 heterocycles. The Balaban J connectivity index is 1.78. The van der Waals surface area contributed by atoms with Gasteiger partial charge < -0.3 is 15.0 Å². The first-order chi connectivity index (χ1) is 15.7. The lowest BCUT2D eigenvalue weighted by molar-refractivity contribution is 0.385. The minimum absolute atomic E-state index is 0.0242.